The Morgan fingerprint density at radius 1 is 1.08 bits per heavy atom. The molecule has 0 bridgehead atoms. The van der Waals surface area contributed by atoms with Crippen molar-refractivity contribution in [1.82, 2.24) is 24.5 Å². The topological polar surface area (TPSA) is 48.5 Å². The van der Waals surface area contributed by atoms with E-state index in [1.54, 1.807) is 0 Å². The van der Waals surface area contributed by atoms with Crippen LogP contribution in [0.3, 0.4) is 0 Å². The second-order valence-corrected chi connectivity index (χ2v) is 7.70. The van der Waals surface area contributed by atoms with Crippen LogP contribution in [0.2, 0.25) is 5.02 Å². The van der Waals surface area contributed by atoms with Gasteiger partial charge < -0.3 is 4.57 Å². The summed E-state index contributed by atoms with van der Waals surface area (Å²) < 4.78 is 4.52. The van der Waals surface area contributed by atoms with Crippen LogP contribution >= 0.6 is 11.6 Å². The molecular weight excluding hydrogens is 346 g/mol. The molecule has 26 heavy (non-hydrogen) atoms. The Kier molecular flexibility index (Phi) is 3.85. The molecule has 1 aromatic carbocycles. The number of hydrogen-bond acceptors (Lipinski definition) is 3. The van der Waals surface area contributed by atoms with Gasteiger partial charge in [0.25, 0.3) is 0 Å². The molecule has 5 rings (SSSR count). The van der Waals surface area contributed by atoms with Crippen molar-refractivity contribution < 1.29 is 0 Å². The highest BCUT2D eigenvalue weighted by molar-refractivity contribution is 6.30. The van der Waals surface area contributed by atoms with Gasteiger partial charge in [-0.05, 0) is 49.9 Å². The Morgan fingerprint density at radius 3 is 2.54 bits per heavy atom. The molecule has 0 N–H and O–H groups in total. The summed E-state index contributed by atoms with van der Waals surface area (Å²) in [6, 6.07) is 8.35. The standard InChI is InChI=1S/C20H22ClN5/c1-2-17-16-11-12-25-19(13-7-9-14(21)10-8-13)22-23-20(25)18(16)26(24-17)15-5-3-4-6-15/h7-10,15H,2-6,11-12H2,1H3. The minimum absolute atomic E-state index is 0.506. The molecule has 2 aromatic heterocycles. The predicted molar refractivity (Wildman–Crippen MR) is 102 cm³/mol. The minimum atomic E-state index is 0.506. The molecular formula is C20H22ClN5. The first-order valence-electron chi connectivity index (χ1n) is 9.56. The first-order valence-corrected chi connectivity index (χ1v) is 9.94. The number of aromatic nitrogens is 5. The second kappa shape index (κ2) is 6.23. The normalized spacial score (nSPS) is 16.7. The lowest BCUT2D eigenvalue weighted by atomic mass is 10.0. The smallest absolute Gasteiger partial charge is 0.182 e. The third-order valence-electron chi connectivity index (χ3n) is 5.75. The van der Waals surface area contributed by atoms with Crippen LogP contribution in [-0.2, 0) is 19.4 Å². The van der Waals surface area contributed by atoms with E-state index >= 15 is 0 Å². The zero-order valence-corrected chi connectivity index (χ0v) is 15.7. The maximum absolute atomic E-state index is 6.04. The Labute approximate surface area is 158 Å². The molecule has 1 fully saturated rings. The van der Waals surface area contributed by atoms with Gasteiger partial charge in [-0.3, -0.25) is 4.68 Å². The summed E-state index contributed by atoms with van der Waals surface area (Å²) in [7, 11) is 0. The van der Waals surface area contributed by atoms with E-state index in [0.717, 1.165) is 41.6 Å². The summed E-state index contributed by atoms with van der Waals surface area (Å²) in [5.74, 6) is 1.88. The third kappa shape index (κ3) is 2.41. The van der Waals surface area contributed by atoms with Gasteiger partial charge in [0.15, 0.2) is 11.6 Å². The number of fused-ring (bicyclic) bond motifs is 3. The van der Waals surface area contributed by atoms with E-state index in [1.165, 1.54) is 42.6 Å². The van der Waals surface area contributed by atoms with Gasteiger partial charge in [0.2, 0.25) is 0 Å². The maximum Gasteiger partial charge on any atom is 0.182 e. The fourth-order valence-corrected chi connectivity index (χ4v) is 4.56. The molecule has 134 valence electrons. The number of hydrogen-bond donors (Lipinski definition) is 0. The lowest BCUT2D eigenvalue weighted by Crippen LogP contribution is -2.16. The molecule has 0 spiro atoms. The molecule has 0 radical (unpaired) electrons. The van der Waals surface area contributed by atoms with E-state index < -0.39 is 0 Å². The quantitative estimate of drug-likeness (QED) is 0.674. The molecule has 0 amide bonds. The van der Waals surface area contributed by atoms with E-state index in [1.807, 2.05) is 24.3 Å². The zero-order chi connectivity index (χ0) is 17.7. The molecule has 0 atom stereocenters. The fourth-order valence-electron chi connectivity index (χ4n) is 4.44. The zero-order valence-electron chi connectivity index (χ0n) is 15.0. The number of aryl methyl sites for hydroxylation is 1. The van der Waals surface area contributed by atoms with Crippen molar-refractivity contribution >= 4 is 11.6 Å². The van der Waals surface area contributed by atoms with Crippen LogP contribution in [0.5, 0.6) is 0 Å². The molecule has 3 aromatic rings. The van der Waals surface area contributed by atoms with Crippen LogP contribution in [0.4, 0.5) is 0 Å². The van der Waals surface area contributed by atoms with Gasteiger partial charge in [0.1, 0.15) is 5.69 Å². The Hall–Kier alpha value is -2.14. The van der Waals surface area contributed by atoms with Crippen LogP contribution in [0.25, 0.3) is 22.9 Å². The molecule has 0 saturated heterocycles. The van der Waals surface area contributed by atoms with E-state index in [4.69, 9.17) is 16.7 Å². The Bertz CT molecular complexity index is 947. The lowest BCUT2D eigenvalue weighted by Gasteiger charge is -2.20. The van der Waals surface area contributed by atoms with Crippen LogP contribution in [0.15, 0.2) is 24.3 Å². The molecule has 1 aliphatic carbocycles. The first-order chi connectivity index (χ1) is 12.8. The summed E-state index contributed by atoms with van der Waals surface area (Å²) in [6.45, 7) is 3.09. The Morgan fingerprint density at radius 2 is 1.81 bits per heavy atom. The van der Waals surface area contributed by atoms with Gasteiger partial charge in [-0.1, -0.05) is 31.4 Å². The summed E-state index contributed by atoms with van der Waals surface area (Å²) >= 11 is 6.04. The monoisotopic (exact) mass is 367 g/mol. The molecule has 2 aliphatic rings. The van der Waals surface area contributed by atoms with Crippen molar-refractivity contribution in [2.24, 2.45) is 0 Å². The highest BCUT2D eigenvalue weighted by Gasteiger charge is 2.32. The molecule has 5 nitrogen and oxygen atoms in total. The van der Waals surface area contributed by atoms with E-state index in [0.29, 0.717) is 6.04 Å². The minimum Gasteiger partial charge on any atom is -0.305 e. The predicted octanol–water partition coefficient (Wildman–Crippen LogP) is 4.70. The largest absolute Gasteiger partial charge is 0.305 e. The Balaban J connectivity index is 1.65. The van der Waals surface area contributed by atoms with Crippen molar-refractivity contribution in [2.45, 2.75) is 58.0 Å². The van der Waals surface area contributed by atoms with Crippen molar-refractivity contribution in [1.29, 1.82) is 0 Å². The van der Waals surface area contributed by atoms with Crippen LogP contribution in [-0.4, -0.2) is 24.5 Å². The van der Waals surface area contributed by atoms with Gasteiger partial charge in [0.05, 0.1) is 11.7 Å². The van der Waals surface area contributed by atoms with E-state index in [2.05, 4.69) is 26.4 Å². The molecule has 3 heterocycles. The average molecular weight is 368 g/mol. The summed E-state index contributed by atoms with van der Waals surface area (Å²) in [5.41, 5.74) is 4.86. The number of halogens is 1. The SMILES string of the molecule is CCc1nn(C2CCCC2)c2c1CCn1c(-c3ccc(Cl)cc3)nnc1-2. The molecule has 1 saturated carbocycles. The van der Waals surface area contributed by atoms with E-state index in [-0.39, 0.29) is 0 Å². The van der Waals surface area contributed by atoms with Gasteiger partial charge in [-0.25, -0.2) is 0 Å². The number of benzene rings is 1. The maximum atomic E-state index is 6.04. The van der Waals surface area contributed by atoms with Gasteiger partial charge >= 0.3 is 0 Å². The first kappa shape index (κ1) is 16.1. The van der Waals surface area contributed by atoms with Crippen molar-refractivity contribution in [2.75, 3.05) is 0 Å². The molecule has 1 aliphatic heterocycles. The molecule has 0 unspecified atom stereocenters. The highest BCUT2D eigenvalue weighted by atomic mass is 35.5. The fraction of sp³-hybridized carbons (Fsp3) is 0.450. The van der Waals surface area contributed by atoms with Crippen molar-refractivity contribution in [3.8, 4) is 22.9 Å². The third-order valence-corrected chi connectivity index (χ3v) is 6.00. The lowest BCUT2D eigenvalue weighted by molar-refractivity contribution is 0.464. The highest BCUT2D eigenvalue weighted by Crippen LogP contribution is 2.39. The van der Waals surface area contributed by atoms with Crippen molar-refractivity contribution in [3.63, 3.8) is 0 Å². The van der Waals surface area contributed by atoms with Gasteiger partial charge in [-0.15, -0.1) is 10.2 Å². The van der Waals surface area contributed by atoms with Crippen LogP contribution < -0.4 is 0 Å². The van der Waals surface area contributed by atoms with Crippen molar-refractivity contribution in [3.05, 3.63) is 40.5 Å². The van der Waals surface area contributed by atoms with Gasteiger partial charge in [0, 0.05) is 22.7 Å². The number of rotatable bonds is 3. The van der Waals surface area contributed by atoms with Crippen LogP contribution in [0.1, 0.15) is 49.9 Å². The number of nitrogens with zero attached hydrogens (tertiary/aromatic N) is 5. The summed E-state index contributed by atoms with van der Waals surface area (Å²) in [4.78, 5) is 0. The average Bonchev–Trinajstić information content (AvgIpc) is 3.39. The summed E-state index contributed by atoms with van der Waals surface area (Å²) in [5, 5.41) is 14.9. The summed E-state index contributed by atoms with van der Waals surface area (Å²) in [6.07, 6.45) is 6.99. The van der Waals surface area contributed by atoms with Crippen LogP contribution in [0, 0.1) is 0 Å². The van der Waals surface area contributed by atoms with Gasteiger partial charge in [-0.2, -0.15) is 5.10 Å². The second-order valence-electron chi connectivity index (χ2n) is 7.27. The molecule has 6 heteroatoms. The van der Waals surface area contributed by atoms with E-state index in [9.17, 15) is 0 Å².